The minimum Gasteiger partial charge on any atom is -0.351 e. The molecular weight excluding hydrogens is 348 g/mol. The maximum absolute atomic E-state index is 12.8. The molecule has 2 aromatic carbocycles. The van der Waals surface area contributed by atoms with Crippen LogP contribution >= 0.6 is 0 Å². The van der Waals surface area contributed by atoms with Crippen LogP contribution in [0.25, 0.3) is 0 Å². The van der Waals surface area contributed by atoms with Crippen LogP contribution < -0.4 is 10.0 Å². The van der Waals surface area contributed by atoms with Gasteiger partial charge < -0.3 is 5.32 Å². The number of carbonyl (C=O) groups excluding carboxylic acids is 1. The predicted octanol–water partition coefficient (Wildman–Crippen LogP) is 3.32. The third-order valence-corrected chi connectivity index (χ3v) is 5.22. The van der Waals surface area contributed by atoms with E-state index >= 15 is 0 Å². The van der Waals surface area contributed by atoms with Crippen molar-refractivity contribution in [2.24, 2.45) is 0 Å². The summed E-state index contributed by atoms with van der Waals surface area (Å²) in [6.45, 7) is 7.56. The van der Waals surface area contributed by atoms with Crippen LogP contribution in [0.4, 0.5) is 0 Å². The van der Waals surface area contributed by atoms with Crippen molar-refractivity contribution in [2.45, 2.75) is 50.6 Å². The lowest BCUT2D eigenvalue weighted by atomic mass is 10.0. The summed E-state index contributed by atoms with van der Waals surface area (Å²) in [4.78, 5) is 12.5. The van der Waals surface area contributed by atoms with E-state index in [1.54, 1.807) is 24.3 Å². The molecule has 0 saturated heterocycles. The van der Waals surface area contributed by atoms with Gasteiger partial charge in [0.1, 0.15) is 0 Å². The smallest absolute Gasteiger partial charge is 0.241 e. The Labute approximate surface area is 155 Å². The number of nitrogens with one attached hydrogen (secondary N) is 2. The number of amides is 1. The quantitative estimate of drug-likeness (QED) is 0.814. The molecule has 5 nitrogen and oxygen atoms in total. The highest BCUT2D eigenvalue weighted by Crippen LogP contribution is 2.21. The molecule has 0 heterocycles. The first-order chi connectivity index (χ1) is 12.1. The molecule has 1 atom stereocenters. The largest absolute Gasteiger partial charge is 0.351 e. The summed E-state index contributed by atoms with van der Waals surface area (Å²) in [6.07, 6.45) is 0.0202. The van der Waals surface area contributed by atoms with Gasteiger partial charge >= 0.3 is 0 Å². The van der Waals surface area contributed by atoms with E-state index in [1.165, 1.54) is 0 Å². The highest BCUT2D eigenvalue weighted by atomic mass is 32.2. The van der Waals surface area contributed by atoms with Crippen LogP contribution in [0.3, 0.4) is 0 Å². The molecule has 0 aliphatic heterocycles. The minimum absolute atomic E-state index is 0.0202. The topological polar surface area (TPSA) is 75.3 Å². The summed E-state index contributed by atoms with van der Waals surface area (Å²) in [7, 11) is -3.74. The van der Waals surface area contributed by atoms with Crippen molar-refractivity contribution in [3.8, 4) is 0 Å². The zero-order valence-corrected chi connectivity index (χ0v) is 16.4. The van der Waals surface area contributed by atoms with Crippen molar-refractivity contribution >= 4 is 15.9 Å². The van der Waals surface area contributed by atoms with E-state index in [0.717, 1.165) is 11.1 Å². The SMILES string of the molecule is Cc1ccc(S(=O)(=O)NC(CC(=O)NC(C)(C)C)c2ccccc2)cc1. The van der Waals surface area contributed by atoms with E-state index in [-0.39, 0.29) is 22.8 Å². The molecule has 140 valence electrons. The van der Waals surface area contributed by atoms with Gasteiger partial charge in [-0.3, -0.25) is 4.79 Å². The molecule has 0 spiro atoms. The third-order valence-electron chi connectivity index (χ3n) is 3.73. The molecule has 0 aromatic heterocycles. The molecular formula is C20H26N2O3S. The molecule has 1 amide bonds. The number of benzene rings is 2. The average molecular weight is 375 g/mol. The zero-order valence-electron chi connectivity index (χ0n) is 15.6. The highest BCUT2D eigenvalue weighted by Gasteiger charge is 2.25. The van der Waals surface area contributed by atoms with Gasteiger partial charge in [-0.1, -0.05) is 48.0 Å². The summed E-state index contributed by atoms with van der Waals surface area (Å²) in [5.41, 5.74) is 1.34. The first-order valence-corrected chi connectivity index (χ1v) is 10.0. The van der Waals surface area contributed by atoms with Crippen LogP contribution in [0.1, 0.15) is 44.4 Å². The van der Waals surface area contributed by atoms with Crippen LogP contribution in [0.5, 0.6) is 0 Å². The van der Waals surface area contributed by atoms with E-state index in [4.69, 9.17) is 0 Å². The van der Waals surface area contributed by atoms with Crippen LogP contribution in [0.15, 0.2) is 59.5 Å². The lowest BCUT2D eigenvalue weighted by Crippen LogP contribution is -2.42. The number of aryl methyl sites for hydroxylation is 1. The molecule has 6 heteroatoms. The molecule has 26 heavy (non-hydrogen) atoms. The lowest BCUT2D eigenvalue weighted by molar-refractivity contribution is -0.122. The van der Waals surface area contributed by atoms with E-state index in [9.17, 15) is 13.2 Å². The van der Waals surface area contributed by atoms with E-state index in [2.05, 4.69) is 10.0 Å². The molecule has 0 aliphatic carbocycles. The summed E-state index contributed by atoms with van der Waals surface area (Å²) < 4.78 is 28.2. The first-order valence-electron chi connectivity index (χ1n) is 8.52. The molecule has 0 aliphatic rings. The molecule has 0 radical (unpaired) electrons. The number of rotatable bonds is 6. The monoisotopic (exact) mass is 374 g/mol. The molecule has 0 fully saturated rings. The zero-order chi connectivity index (χ0) is 19.4. The average Bonchev–Trinajstić information content (AvgIpc) is 2.53. The molecule has 2 N–H and O–H groups in total. The van der Waals surface area contributed by atoms with E-state index < -0.39 is 16.1 Å². The second-order valence-electron chi connectivity index (χ2n) is 7.40. The van der Waals surface area contributed by atoms with Gasteiger partial charge in [0, 0.05) is 12.0 Å². The van der Waals surface area contributed by atoms with Crippen molar-refractivity contribution < 1.29 is 13.2 Å². The van der Waals surface area contributed by atoms with Crippen molar-refractivity contribution in [1.82, 2.24) is 10.0 Å². The molecule has 2 aromatic rings. The second kappa shape index (κ2) is 8.01. The molecule has 1 unspecified atom stereocenters. The Bertz CT molecular complexity index is 839. The van der Waals surface area contributed by atoms with Crippen molar-refractivity contribution in [3.05, 3.63) is 65.7 Å². The summed E-state index contributed by atoms with van der Waals surface area (Å²) >= 11 is 0. The van der Waals surface area contributed by atoms with Crippen LogP contribution in [0.2, 0.25) is 0 Å². The second-order valence-corrected chi connectivity index (χ2v) is 9.11. The Morgan fingerprint density at radius 1 is 1.00 bits per heavy atom. The lowest BCUT2D eigenvalue weighted by Gasteiger charge is -2.24. The van der Waals surface area contributed by atoms with E-state index in [0.29, 0.717) is 0 Å². The number of carbonyl (C=O) groups is 1. The maximum atomic E-state index is 12.8. The van der Waals surface area contributed by atoms with Crippen molar-refractivity contribution in [3.63, 3.8) is 0 Å². The fourth-order valence-corrected chi connectivity index (χ4v) is 3.76. The van der Waals surface area contributed by atoms with Crippen LogP contribution in [-0.2, 0) is 14.8 Å². The Balaban J connectivity index is 2.26. The maximum Gasteiger partial charge on any atom is 0.241 e. The predicted molar refractivity (Wildman–Crippen MR) is 103 cm³/mol. The Morgan fingerprint density at radius 3 is 2.12 bits per heavy atom. The Kier molecular flexibility index (Phi) is 6.21. The fourth-order valence-electron chi connectivity index (χ4n) is 2.54. The van der Waals surface area contributed by atoms with Gasteiger partial charge in [0.05, 0.1) is 10.9 Å². The van der Waals surface area contributed by atoms with Gasteiger partial charge in [0.25, 0.3) is 0 Å². The van der Waals surface area contributed by atoms with Crippen LogP contribution in [-0.4, -0.2) is 19.9 Å². The number of hydrogen-bond donors (Lipinski definition) is 2. The van der Waals surface area contributed by atoms with Gasteiger partial charge in [0.15, 0.2) is 0 Å². The fraction of sp³-hybridized carbons (Fsp3) is 0.350. The van der Waals surface area contributed by atoms with Gasteiger partial charge in [0.2, 0.25) is 15.9 Å². The number of sulfonamides is 1. The minimum atomic E-state index is -3.74. The Morgan fingerprint density at radius 2 is 1.58 bits per heavy atom. The Hall–Kier alpha value is -2.18. The standard InChI is InChI=1S/C20H26N2O3S/c1-15-10-12-17(13-11-15)26(24,25)22-18(16-8-6-5-7-9-16)14-19(23)21-20(2,3)4/h5-13,18,22H,14H2,1-4H3,(H,21,23). The van der Waals surface area contributed by atoms with E-state index in [1.807, 2.05) is 58.0 Å². The molecule has 0 saturated carbocycles. The van der Waals surface area contributed by atoms with Crippen molar-refractivity contribution in [2.75, 3.05) is 0 Å². The van der Waals surface area contributed by atoms with Crippen molar-refractivity contribution in [1.29, 1.82) is 0 Å². The first kappa shape index (κ1) is 20.1. The summed E-state index contributed by atoms with van der Waals surface area (Å²) in [6, 6.07) is 15.1. The summed E-state index contributed by atoms with van der Waals surface area (Å²) in [5, 5.41) is 2.88. The van der Waals surface area contributed by atoms with Gasteiger partial charge in [-0.05, 0) is 45.4 Å². The normalized spacial score (nSPS) is 13.2. The summed E-state index contributed by atoms with van der Waals surface area (Å²) in [5.74, 6) is -0.210. The molecule has 0 bridgehead atoms. The van der Waals surface area contributed by atoms with Gasteiger partial charge in [-0.2, -0.15) is 0 Å². The number of hydrogen-bond acceptors (Lipinski definition) is 3. The van der Waals surface area contributed by atoms with Gasteiger partial charge in [-0.25, -0.2) is 13.1 Å². The van der Waals surface area contributed by atoms with Gasteiger partial charge in [-0.15, -0.1) is 0 Å². The molecule has 2 rings (SSSR count). The third kappa shape index (κ3) is 5.97. The van der Waals surface area contributed by atoms with Crippen LogP contribution in [0, 0.1) is 6.92 Å². The highest BCUT2D eigenvalue weighted by molar-refractivity contribution is 7.89.